The van der Waals surface area contributed by atoms with Gasteiger partial charge in [0.05, 0.1) is 13.1 Å². The summed E-state index contributed by atoms with van der Waals surface area (Å²) in [5.74, 6) is 0.0258. The molecule has 1 N–H and O–H groups in total. The van der Waals surface area contributed by atoms with E-state index >= 15 is 0 Å². The summed E-state index contributed by atoms with van der Waals surface area (Å²) in [7, 11) is 0. The van der Waals surface area contributed by atoms with Gasteiger partial charge in [-0.2, -0.15) is 0 Å². The van der Waals surface area contributed by atoms with Crippen LogP contribution in [0.15, 0.2) is 17.6 Å². The minimum absolute atomic E-state index is 0.0210. The van der Waals surface area contributed by atoms with Crippen LogP contribution in [0.25, 0.3) is 5.13 Å². The number of nitrogens with one attached hydrogen (secondary N) is 1. The molecule has 0 saturated carbocycles. The summed E-state index contributed by atoms with van der Waals surface area (Å²) >= 11 is 1.54. The second-order valence-corrected chi connectivity index (χ2v) is 6.29. The van der Waals surface area contributed by atoms with Gasteiger partial charge in [-0.05, 0) is 19.9 Å². The third-order valence-electron chi connectivity index (χ3n) is 3.83. The number of rotatable bonds is 4. The zero-order valence-corrected chi connectivity index (χ0v) is 13.4. The van der Waals surface area contributed by atoms with Crippen molar-refractivity contribution < 1.29 is 9.59 Å². The second-order valence-electron chi connectivity index (χ2n) is 5.42. The number of hydrogen-bond acceptors (Lipinski definition) is 5. The number of piperazine rings is 1. The Morgan fingerprint density at radius 1 is 1.45 bits per heavy atom. The number of ketones is 1. The van der Waals surface area contributed by atoms with Crippen molar-refractivity contribution in [2.45, 2.75) is 13.8 Å². The van der Waals surface area contributed by atoms with Gasteiger partial charge in [-0.1, -0.05) is 0 Å². The van der Waals surface area contributed by atoms with Gasteiger partial charge in [0.15, 0.2) is 10.9 Å². The highest BCUT2D eigenvalue weighted by Gasteiger charge is 2.22. The Balaban J connectivity index is 1.81. The smallest absolute Gasteiger partial charge is 0.234 e. The molecule has 0 aliphatic carbocycles. The summed E-state index contributed by atoms with van der Waals surface area (Å²) in [6.45, 7) is 5.78. The van der Waals surface area contributed by atoms with Crippen molar-refractivity contribution in [3.63, 3.8) is 0 Å². The predicted octanol–water partition coefficient (Wildman–Crippen LogP) is 1.17. The Morgan fingerprint density at radius 2 is 2.27 bits per heavy atom. The number of aromatic nitrogens is 2. The molecule has 1 aliphatic rings. The van der Waals surface area contributed by atoms with E-state index in [2.05, 4.69) is 10.3 Å². The molecule has 1 saturated heterocycles. The lowest BCUT2D eigenvalue weighted by molar-refractivity contribution is -0.123. The van der Waals surface area contributed by atoms with Crippen molar-refractivity contribution >= 4 is 23.0 Å². The van der Waals surface area contributed by atoms with E-state index in [-0.39, 0.29) is 24.8 Å². The highest BCUT2D eigenvalue weighted by atomic mass is 32.1. The van der Waals surface area contributed by atoms with Crippen LogP contribution < -0.4 is 5.32 Å². The standard InChI is InChI=1S/C15H18N4O2S/c1-10-7-12(11(2)19(10)15-17-4-6-22-15)13(20)8-18-5-3-16-14(21)9-18/h4,6-7H,3,5,8-9H2,1-2H3,(H,16,21). The van der Waals surface area contributed by atoms with Crippen molar-refractivity contribution in [1.82, 2.24) is 19.8 Å². The van der Waals surface area contributed by atoms with Gasteiger partial charge in [-0.3, -0.25) is 19.1 Å². The molecule has 6 nitrogen and oxygen atoms in total. The molecule has 3 heterocycles. The van der Waals surface area contributed by atoms with Crippen molar-refractivity contribution in [3.8, 4) is 5.13 Å². The van der Waals surface area contributed by atoms with Gasteiger partial charge in [0.25, 0.3) is 0 Å². The van der Waals surface area contributed by atoms with E-state index in [1.54, 1.807) is 17.5 Å². The maximum atomic E-state index is 12.6. The summed E-state index contributed by atoms with van der Waals surface area (Å²) in [4.78, 5) is 30.2. The third-order valence-corrected chi connectivity index (χ3v) is 4.58. The van der Waals surface area contributed by atoms with Crippen molar-refractivity contribution in [3.05, 3.63) is 34.6 Å². The van der Waals surface area contributed by atoms with Crippen LogP contribution in [-0.4, -0.2) is 52.3 Å². The summed E-state index contributed by atoms with van der Waals surface area (Å²) in [5.41, 5.74) is 2.60. The van der Waals surface area contributed by atoms with Crippen LogP contribution in [0.2, 0.25) is 0 Å². The number of carbonyl (C=O) groups excluding carboxylic acids is 2. The number of nitrogens with zero attached hydrogens (tertiary/aromatic N) is 3. The SMILES string of the molecule is Cc1cc(C(=O)CN2CCNC(=O)C2)c(C)n1-c1nccs1. The summed E-state index contributed by atoms with van der Waals surface area (Å²) in [6.07, 6.45) is 1.76. The average molecular weight is 318 g/mol. The monoisotopic (exact) mass is 318 g/mol. The Hall–Kier alpha value is -1.99. The normalized spacial score (nSPS) is 15.8. The highest BCUT2D eigenvalue weighted by molar-refractivity contribution is 7.12. The fourth-order valence-corrected chi connectivity index (χ4v) is 3.53. The molecule has 0 atom stereocenters. The Bertz CT molecular complexity index is 705. The van der Waals surface area contributed by atoms with E-state index in [1.807, 2.05) is 34.8 Å². The zero-order valence-electron chi connectivity index (χ0n) is 12.6. The number of Topliss-reactive ketones (excluding diaryl/α,β-unsaturated/α-hetero) is 1. The zero-order chi connectivity index (χ0) is 15.7. The van der Waals surface area contributed by atoms with E-state index in [0.717, 1.165) is 16.5 Å². The minimum Gasteiger partial charge on any atom is -0.354 e. The largest absolute Gasteiger partial charge is 0.354 e. The van der Waals surface area contributed by atoms with E-state index in [0.29, 0.717) is 18.7 Å². The first-order valence-corrected chi connectivity index (χ1v) is 8.05. The summed E-state index contributed by atoms with van der Waals surface area (Å²) in [5, 5.41) is 5.55. The Kier molecular flexibility index (Phi) is 4.08. The quantitative estimate of drug-likeness (QED) is 0.859. The molecule has 2 aromatic rings. The first-order chi connectivity index (χ1) is 10.6. The lowest BCUT2D eigenvalue weighted by atomic mass is 10.1. The van der Waals surface area contributed by atoms with Crippen molar-refractivity contribution in [1.29, 1.82) is 0 Å². The lowest BCUT2D eigenvalue weighted by Crippen LogP contribution is -2.49. The van der Waals surface area contributed by atoms with E-state index < -0.39 is 0 Å². The molecular formula is C15H18N4O2S. The molecule has 0 radical (unpaired) electrons. The van der Waals surface area contributed by atoms with E-state index in [1.165, 1.54) is 0 Å². The first-order valence-electron chi connectivity index (χ1n) is 7.17. The number of hydrogen-bond donors (Lipinski definition) is 1. The molecule has 1 aliphatic heterocycles. The molecule has 3 rings (SSSR count). The van der Waals surface area contributed by atoms with Crippen LogP contribution in [0, 0.1) is 13.8 Å². The molecule has 0 bridgehead atoms. The average Bonchev–Trinajstić information content (AvgIpc) is 3.07. The maximum absolute atomic E-state index is 12.6. The van der Waals surface area contributed by atoms with Crippen LogP contribution in [0.1, 0.15) is 21.7 Å². The second kappa shape index (κ2) is 6.02. The molecule has 0 aromatic carbocycles. The van der Waals surface area contributed by atoms with Crippen molar-refractivity contribution in [2.24, 2.45) is 0 Å². The van der Waals surface area contributed by atoms with Crippen molar-refractivity contribution in [2.75, 3.05) is 26.2 Å². The molecular weight excluding hydrogens is 300 g/mol. The highest BCUT2D eigenvalue weighted by Crippen LogP contribution is 2.22. The molecule has 22 heavy (non-hydrogen) atoms. The third kappa shape index (κ3) is 2.82. The minimum atomic E-state index is -0.0210. The summed E-state index contributed by atoms with van der Waals surface area (Å²) < 4.78 is 2.00. The van der Waals surface area contributed by atoms with Crippen LogP contribution >= 0.6 is 11.3 Å². The fourth-order valence-electron chi connectivity index (χ4n) is 2.78. The molecule has 7 heteroatoms. The molecule has 0 unspecified atom stereocenters. The van der Waals surface area contributed by atoms with Gasteiger partial charge in [0, 0.05) is 41.6 Å². The molecule has 116 valence electrons. The lowest BCUT2D eigenvalue weighted by Gasteiger charge is -2.25. The fraction of sp³-hybridized carbons (Fsp3) is 0.400. The topological polar surface area (TPSA) is 67.2 Å². The van der Waals surface area contributed by atoms with E-state index in [9.17, 15) is 9.59 Å². The van der Waals surface area contributed by atoms with Crippen LogP contribution in [0.3, 0.4) is 0 Å². The van der Waals surface area contributed by atoms with E-state index in [4.69, 9.17) is 0 Å². The number of thiazole rings is 1. The van der Waals surface area contributed by atoms with Crippen LogP contribution in [0.4, 0.5) is 0 Å². The van der Waals surface area contributed by atoms with Gasteiger partial charge in [-0.25, -0.2) is 4.98 Å². The van der Waals surface area contributed by atoms with Gasteiger partial charge in [-0.15, -0.1) is 11.3 Å². The molecule has 0 spiro atoms. The van der Waals surface area contributed by atoms with Gasteiger partial charge in [0.1, 0.15) is 0 Å². The van der Waals surface area contributed by atoms with Crippen LogP contribution in [0.5, 0.6) is 0 Å². The number of carbonyl (C=O) groups is 2. The molecule has 1 amide bonds. The number of aryl methyl sites for hydroxylation is 1. The Morgan fingerprint density at radius 3 is 2.95 bits per heavy atom. The van der Waals surface area contributed by atoms with Gasteiger partial charge >= 0.3 is 0 Å². The molecule has 2 aromatic heterocycles. The van der Waals surface area contributed by atoms with Crippen LogP contribution in [-0.2, 0) is 4.79 Å². The summed E-state index contributed by atoms with van der Waals surface area (Å²) in [6, 6.07) is 1.91. The van der Waals surface area contributed by atoms with Gasteiger partial charge in [0.2, 0.25) is 5.91 Å². The first kappa shape index (κ1) is 14.9. The molecule has 1 fully saturated rings. The van der Waals surface area contributed by atoms with Gasteiger partial charge < -0.3 is 5.32 Å². The maximum Gasteiger partial charge on any atom is 0.234 e. The Labute approximate surface area is 132 Å². The number of amides is 1. The predicted molar refractivity (Wildman–Crippen MR) is 84.7 cm³/mol.